The Morgan fingerprint density at radius 3 is 2.32 bits per heavy atom. The molecule has 166 valence electrons. The molecule has 3 rings (SSSR count). The van der Waals surface area contributed by atoms with Gasteiger partial charge in [0.15, 0.2) is 5.43 Å². The number of rotatable bonds is 10. The van der Waals surface area contributed by atoms with E-state index >= 15 is 0 Å². The largest absolute Gasteiger partial charge is 0.384 e. The maximum Gasteiger partial charge on any atom is 0.253 e. The van der Waals surface area contributed by atoms with Crippen molar-refractivity contribution < 1.29 is 4.79 Å². The van der Waals surface area contributed by atoms with Gasteiger partial charge in [0, 0.05) is 29.7 Å². The van der Waals surface area contributed by atoms with Crippen LogP contribution in [0.4, 0.5) is 5.69 Å². The van der Waals surface area contributed by atoms with Crippen LogP contribution >= 0.6 is 0 Å². The van der Waals surface area contributed by atoms with Gasteiger partial charge in [-0.2, -0.15) is 0 Å². The molecule has 1 aromatic heterocycles. The number of H-pyrrole nitrogens is 1. The fourth-order valence-electron chi connectivity index (χ4n) is 3.68. The third-order valence-corrected chi connectivity index (χ3v) is 5.27. The molecule has 3 aromatic rings. The van der Waals surface area contributed by atoms with E-state index in [9.17, 15) is 9.59 Å². The predicted octanol–water partition coefficient (Wildman–Crippen LogP) is 2.73. The molecule has 3 N–H and O–H groups in total. The van der Waals surface area contributed by atoms with Crippen LogP contribution in [0.1, 0.15) is 23.2 Å². The third-order valence-electron chi connectivity index (χ3n) is 5.27. The van der Waals surface area contributed by atoms with Crippen molar-refractivity contribution in [3.05, 3.63) is 52.2 Å². The van der Waals surface area contributed by atoms with Crippen LogP contribution in [-0.4, -0.2) is 75.1 Å². The summed E-state index contributed by atoms with van der Waals surface area (Å²) in [7, 11) is 8.10. The van der Waals surface area contributed by atoms with Crippen LogP contribution in [0.5, 0.6) is 0 Å². The first-order valence-corrected chi connectivity index (χ1v) is 10.8. The lowest BCUT2D eigenvalue weighted by Crippen LogP contribution is -2.27. The summed E-state index contributed by atoms with van der Waals surface area (Å²) in [6.45, 7) is 3.19. The van der Waals surface area contributed by atoms with Gasteiger partial charge in [0.2, 0.25) is 0 Å². The van der Waals surface area contributed by atoms with Crippen LogP contribution < -0.4 is 16.1 Å². The van der Waals surface area contributed by atoms with Crippen molar-refractivity contribution in [2.75, 3.05) is 59.7 Å². The zero-order valence-corrected chi connectivity index (χ0v) is 18.9. The van der Waals surface area contributed by atoms with E-state index in [0.717, 1.165) is 43.7 Å². The summed E-state index contributed by atoms with van der Waals surface area (Å²) in [4.78, 5) is 33.8. The van der Waals surface area contributed by atoms with E-state index in [0.29, 0.717) is 28.4 Å². The second-order valence-electron chi connectivity index (χ2n) is 8.41. The molecule has 0 fully saturated rings. The topological polar surface area (TPSA) is 80.5 Å². The number of aromatic amines is 1. The molecule has 0 atom stereocenters. The number of pyridine rings is 1. The van der Waals surface area contributed by atoms with E-state index < -0.39 is 0 Å². The third kappa shape index (κ3) is 5.62. The average Bonchev–Trinajstić information content (AvgIpc) is 2.73. The molecule has 31 heavy (non-hydrogen) atoms. The van der Waals surface area contributed by atoms with E-state index in [4.69, 9.17) is 0 Å². The fraction of sp³-hybridized carbons (Fsp3) is 0.417. The lowest BCUT2D eigenvalue weighted by atomic mass is 10.0. The van der Waals surface area contributed by atoms with Crippen LogP contribution in [0.2, 0.25) is 0 Å². The quantitative estimate of drug-likeness (QED) is 0.345. The minimum atomic E-state index is -0.172. The number of hydrogen-bond acceptors (Lipinski definition) is 5. The van der Waals surface area contributed by atoms with Gasteiger partial charge in [-0.05, 0) is 78.4 Å². The maximum absolute atomic E-state index is 13.4. The molecule has 0 saturated heterocycles. The Hall–Kier alpha value is -2.90. The Morgan fingerprint density at radius 2 is 1.61 bits per heavy atom. The van der Waals surface area contributed by atoms with Crippen LogP contribution in [0, 0.1) is 0 Å². The molecule has 1 heterocycles. The molecule has 0 aliphatic carbocycles. The minimum absolute atomic E-state index is 0.0679. The standard InChI is InChI=1S/C24H33N5O2/c1-28(2)15-7-13-25-20-12-11-18(24(31)26-14-8-16-29(3)4)22-21(20)23(30)17-9-5-6-10-19(17)27-22/h5-6,9-12,25H,7-8,13-16H2,1-4H3,(H,26,31)(H,27,30). The van der Waals surface area contributed by atoms with Gasteiger partial charge in [0.05, 0.1) is 16.5 Å². The van der Waals surface area contributed by atoms with E-state index in [2.05, 4.69) is 25.4 Å². The van der Waals surface area contributed by atoms with Gasteiger partial charge in [-0.1, -0.05) is 12.1 Å². The first-order valence-electron chi connectivity index (χ1n) is 10.8. The number of nitrogens with zero attached hydrogens (tertiary/aromatic N) is 2. The van der Waals surface area contributed by atoms with E-state index in [-0.39, 0.29) is 11.3 Å². The molecule has 0 spiro atoms. The normalized spacial score (nSPS) is 11.5. The summed E-state index contributed by atoms with van der Waals surface area (Å²) in [6.07, 6.45) is 1.82. The first kappa shape index (κ1) is 22.8. The Bertz CT molecular complexity index is 1100. The highest BCUT2D eigenvalue weighted by Crippen LogP contribution is 2.25. The molecule has 0 saturated carbocycles. The number of benzene rings is 2. The van der Waals surface area contributed by atoms with E-state index in [1.54, 1.807) is 6.07 Å². The lowest BCUT2D eigenvalue weighted by Gasteiger charge is -2.15. The molecule has 0 aliphatic rings. The Morgan fingerprint density at radius 1 is 0.935 bits per heavy atom. The molecular weight excluding hydrogens is 390 g/mol. The number of hydrogen-bond donors (Lipinski definition) is 3. The number of para-hydroxylation sites is 1. The summed E-state index contributed by atoms with van der Waals surface area (Å²) in [5.74, 6) is -0.172. The number of fused-ring (bicyclic) bond motifs is 2. The number of carbonyl (C=O) groups is 1. The molecule has 2 aromatic carbocycles. The van der Waals surface area contributed by atoms with Crippen molar-refractivity contribution in [2.45, 2.75) is 12.8 Å². The molecular formula is C24H33N5O2. The Balaban J connectivity index is 1.97. The number of carbonyl (C=O) groups excluding carboxylic acids is 1. The second-order valence-corrected chi connectivity index (χ2v) is 8.41. The molecule has 7 heteroatoms. The molecule has 0 aliphatic heterocycles. The van der Waals surface area contributed by atoms with Crippen molar-refractivity contribution in [1.82, 2.24) is 20.1 Å². The number of nitrogens with one attached hydrogen (secondary N) is 3. The maximum atomic E-state index is 13.4. The molecule has 0 bridgehead atoms. The predicted molar refractivity (Wildman–Crippen MR) is 129 cm³/mol. The minimum Gasteiger partial charge on any atom is -0.384 e. The van der Waals surface area contributed by atoms with Crippen molar-refractivity contribution in [3.63, 3.8) is 0 Å². The fourth-order valence-corrected chi connectivity index (χ4v) is 3.68. The molecule has 7 nitrogen and oxygen atoms in total. The highest BCUT2D eigenvalue weighted by Gasteiger charge is 2.17. The molecule has 1 amide bonds. The Kier molecular flexibility index (Phi) is 7.65. The number of aromatic nitrogens is 1. The van der Waals surface area contributed by atoms with Crippen molar-refractivity contribution in [3.8, 4) is 0 Å². The van der Waals surface area contributed by atoms with E-state index in [1.807, 2.05) is 58.5 Å². The summed E-state index contributed by atoms with van der Waals surface area (Å²) in [6, 6.07) is 11.1. The second kappa shape index (κ2) is 10.4. The van der Waals surface area contributed by atoms with Crippen molar-refractivity contribution in [1.29, 1.82) is 0 Å². The van der Waals surface area contributed by atoms with Crippen molar-refractivity contribution in [2.24, 2.45) is 0 Å². The zero-order valence-electron chi connectivity index (χ0n) is 18.9. The van der Waals surface area contributed by atoms with Crippen LogP contribution in [0.3, 0.4) is 0 Å². The number of anilines is 1. The SMILES string of the molecule is CN(C)CCCNC(=O)c1ccc(NCCCN(C)C)c2c(=O)c3ccccc3[nH]c12. The highest BCUT2D eigenvalue weighted by atomic mass is 16.1. The lowest BCUT2D eigenvalue weighted by molar-refractivity contribution is 0.0954. The van der Waals surface area contributed by atoms with Crippen LogP contribution in [0.15, 0.2) is 41.2 Å². The van der Waals surface area contributed by atoms with E-state index in [1.165, 1.54) is 0 Å². The zero-order chi connectivity index (χ0) is 22.4. The first-order chi connectivity index (χ1) is 14.9. The molecule has 0 radical (unpaired) electrons. The van der Waals surface area contributed by atoms with Gasteiger partial charge in [0.25, 0.3) is 5.91 Å². The van der Waals surface area contributed by atoms with Gasteiger partial charge >= 0.3 is 0 Å². The summed E-state index contributed by atoms with van der Waals surface area (Å²) >= 11 is 0. The monoisotopic (exact) mass is 423 g/mol. The highest BCUT2D eigenvalue weighted by molar-refractivity contribution is 6.11. The van der Waals surface area contributed by atoms with Gasteiger partial charge in [0.1, 0.15) is 0 Å². The molecule has 0 unspecified atom stereocenters. The van der Waals surface area contributed by atoms with Crippen LogP contribution in [0.25, 0.3) is 21.8 Å². The smallest absolute Gasteiger partial charge is 0.253 e. The van der Waals surface area contributed by atoms with Crippen LogP contribution in [-0.2, 0) is 0 Å². The van der Waals surface area contributed by atoms with Crippen molar-refractivity contribution >= 4 is 33.4 Å². The average molecular weight is 424 g/mol. The Labute approximate surface area is 183 Å². The van der Waals surface area contributed by atoms with Gasteiger partial charge in [-0.25, -0.2) is 0 Å². The summed E-state index contributed by atoms with van der Waals surface area (Å²) in [5.41, 5.74) is 2.48. The summed E-state index contributed by atoms with van der Waals surface area (Å²) < 4.78 is 0. The summed E-state index contributed by atoms with van der Waals surface area (Å²) in [5, 5.41) is 7.53. The van der Waals surface area contributed by atoms with Gasteiger partial charge in [-0.15, -0.1) is 0 Å². The van der Waals surface area contributed by atoms with Gasteiger partial charge in [-0.3, -0.25) is 9.59 Å². The number of amides is 1. The van der Waals surface area contributed by atoms with Gasteiger partial charge < -0.3 is 25.4 Å².